The van der Waals surface area contributed by atoms with Crippen molar-refractivity contribution in [2.45, 2.75) is 0 Å². The van der Waals surface area contributed by atoms with Crippen molar-refractivity contribution in [2.24, 2.45) is 0 Å². The van der Waals surface area contributed by atoms with Gasteiger partial charge in [-0.2, -0.15) is 0 Å². The van der Waals surface area contributed by atoms with E-state index in [0.717, 1.165) is 9.37 Å². The zero-order chi connectivity index (χ0) is 17.3. The minimum atomic E-state index is -0.796. The van der Waals surface area contributed by atoms with Crippen LogP contribution in [0.3, 0.4) is 0 Å². The first-order chi connectivity index (χ1) is 11.5. The van der Waals surface area contributed by atoms with Crippen molar-refractivity contribution in [3.63, 3.8) is 0 Å². The van der Waals surface area contributed by atoms with Gasteiger partial charge >= 0.3 is 6.03 Å². The molecule has 1 aliphatic rings. The van der Waals surface area contributed by atoms with E-state index < -0.39 is 17.8 Å². The molecule has 2 aromatic rings. The number of phenols is 1. The van der Waals surface area contributed by atoms with Gasteiger partial charge in [-0.1, -0.05) is 28.1 Å². The number of benzene rings is 2. The van der Waals surface area contributed by atoms with Crippen LogP contribution in [0.2, 0.25) is 0 Å². The molecule has 2 aromatic carbocycles. The SMILES string of the molecule is O=C1NC(=O)N(c2ccc(Br)cc2)C(=O)/C1=C/c1ccc(O)cc1. The summed E-state index contributed by atoms with van der Waals surface area (Å²) in [7, 11) is 0. The summed E-state index contributed by atoms with van der Waals surface area (Å²) in [4.78, 5) is 37.6. The number of nitrogens with one attached hydrogen (secondary N) is 1. The maximum atomic E-state index is 12.6. The van der Waals surface area contributed by atoms with Gasteiger partial charge in [-0.25, -0.2) is 9.69 Å². The molecule has 0 unspecified atom stereocenters. The molecule has 0 radical (unpaired) electrons. The molecular formula is C17H11BrN2O4. The maximum absolute atomic E-state index is 12.6. The number of hydrogen-bond acceptors (Lipinski definition) is 4. The van der Waals surface area contributed by atoms with Crippen LogP contribution in [0.15, 0.2) is 58.6 Å². The van der Waals surface area contributed by atoms with Crippen LogP contribution >= 0.6 is 15.9 Å². The minimum Gasteiger partial charge on any atom is -0.508 e. The highest BCUT2D eigenvalue weighted by Gasteiger charge is 2.36. The van der Waals surface area contributed by atoms with E-state index in [2.05, 4.69) is 21.2 Å². The normalized spacial score (nSPS) is 16.5. The Morgan fingerprint density at radius 1 is 0.958 bits per heavy atom. The first kappa shape index (κ1) is 15.9. The van der Waals surface area contributed by atoms with E-state index in [1.54, 1.807) is 36.4 Å². The molecule has 0 aliphatic carbocycles. The average molecular weight is 387 g/mol. The average Bonchev–Trinajstić information content (AvgIpc) is 2.55. The predicted molar refractivity (Wildman–Crippen MR) is 91.3 cm³/mol. The van der Waals surface area contributed by atoms with Crippen molar-refractivity contribution in [1.29, 1.82) is 0 Å². The summed E-state index contributed by atoms with van der Waals surface area (Å²) >= 11 is 3.28. The second-order valence-electron chi connectivity index (χ2n) is 5.03. The molecule has 0 saturated carbocycles. The van der Waals surface area contributed by atoms with Crippen molar-refractivity contribution in [1.82, 2.24) is 5.32 Å². The van der Waals surface area contributed by atoms with Crippen LogP contribution in [0, 0.1) is 0 Å². The number of nitrogens with zero attached hydrogens (tertiary/aromatic N) is 1. The van der Waals surface area contributed by atoms with Gasteiger partial charge in [0.2, 0.25) is 0 Å². The number of hydrogen-bond donors (Lipinski definition) is 2. The molecule has 1 saturated heterocycles. The predicted octanol–water partition coefficient (Wildman–Crippen LogP) is 2.82. The molecule has 2 N–H and O–H groups in total. The lowest BCUT2D eigenvalue weighted by Crippen LogP contribution is -2.54. The number of barbiturate groups is 1. The van der Waals surface area contributed by atoms with E-state index in [0.29, 0.717) is 11.3 Å². The first-order valence-corrected chi connectivity index (χ1v) is 7.71. The van der Waals surface area contributed by atoms with Crippen molar-refractivity contribution >= 4 is 45.5 Å². The molecular weight excluding hydrogens is 376 g/mol. The fourth-order valence-corrected chi connectivity index (χ4v) is 2.48. The monoisotopic (exact) mass is 386 g/mol. The van der Waals surface area contributed by atoms with Gasteiger partial charge in [0.1, 0.15) is 11.3 Å². The van der Waals surface area contributed by atoms with Crippen molar-refractivity contribution in [2.75, 3.05) is 4.90 Å². The molecule has 120 valence electrons. The molecule has 6 nitrogen and oxygen atoms in total. The Hall–Kier alpha value is -2.93. The molecule has 0 bridgehead atoms. The van der Waals surface area contributed by atoms with Crippen LogP contribution in [0.1, 0.15) is 5.56 Å². The maximum Gasteiger partial charge on any atom is 0.335 e. The Morgan fingerprint density at radius 3 is 2.21 bits per heavy atom. The lowest BCUT2D eigenvalue weighted by molar-refractivity contribution is -0.122. The van der Waals surface area contributed by atoms with Gasteiger partial charge in [0.15, 0.2) is 0 Å². The number of anilines is 1. The van der Waals surface area contributed by atoms with E-state index in [1.807, 2.05) is 0 Å². The van der Waals surface area contributed by atoms with Crippen molar-refractivity contribution in [3.05, 3.63) is 64.1 Å². The number of urea groups is 1. The number of phenolic OH excluding ortho intramolecular Hbond substituents is 1. The third-order valence-electron chi connectivity index (χ3n) is 3.39. The Morgan fingerprint density at radius 2 is 1.58 bits per heavy atom. The molecule has 0 atom stereocenters. The summed E-state index contributed by atoms with van der Waals surface area (Å²) in [5, 5.41) is 11.4. The molecule has 24 heavy (non-hydrogen) atoms. The summed E-state index contributed by atoms with van der Waals surface area (Å²) in [6, 6.07) is 11.8. The lowest BCUT2D eigenvalue weighted by Gasteiger charge is -2.26. The highest BCUT2D eigenvalue weighted by atomic mass is 79.9. The smallest absolute Gasteiger partial charge is 0.335 e. The van der Waals surface area contributed by atoms with Crippen LogP contribution in [-0.2, 0) is 9.59 Å². The van der Waals surface area contributed by atoms with E-state index in [1.165, 1.54) is 18.2 Å². The second kappa shape index (κ2) is 6.29. The highest BCUT2D eigenvalue weighted by Crippen LogP contribution is 2.24. The van der Waals surface area contributed by atoms with Crippen LogP contribution in [0.4, 0.5) is 10.5 Å². The number of carbonyl (C=O) groups excluding carboxylic acids is 3. The van der Waals surface area contributed by atoms with Gasteiger partial charge in [0, 0.05) is 4.47 Å². The summed E-state index contributed by atoms with van der Waals surface area (Å²) in [6.07, 6.45) is 1.37. The summed E-state index contributed by atoms with van der Waals surface area (Å²) in [6.45, 7) is 0. The Kier molecular flexibility index (Phi) is 4.18. The topological polar surface area (TPSA) is 86.7 Å². The minimum absolute atomic E-state index is 0.0724. The highest BCUT2D eigenvalue weighted by molar-refractivity contribution is 9.10. The fourth-order valence-electron chi connectivity index (χ4n) is 2.22. The molecule has 4 amide bonds. The van der Waals surface area contributed by atoms with Crippen LogP contribution < -0.4 is 10.2 Å². The van der Waals surface area contributed by atoms with E-state index in [-0.39, 0.29) is 11.3 Å². The number of imide groups is 2. The Balaban J connectivity index is 1.99. The van der Waals surface area contributed by atoms with Crippen molar-refractivity contribution in [3.8, 4) is 5.75 Å². The number of amides is 4. The van der Waals surface area contributed by atoms with Gasteiger partial charge in [-0.3, -0.25) is 14.9 Å². The Labute approximate surface area is 145 Å². The van der Waals surface area contributed by atoms with Gasteiger partial charge in [-0.15, -0.1) is 0 Å². The Bertz CT molecular complexity index is 857. The number of aromatic hydroxyl groups is 1. The third kappa shape index (κ3) is 3.07. The van der Waals surface area contributed by atoms with Gasteiger partial charge in [-0.05, 0) is 48.0 Å². The quantitative estimate of drug-likeness (QED) is 0.613. The first-order valence-electron chi connectivity index (χ1n) is 6.92. The number of halogens is 1. The van der Waals surface area contributed by atoms with Gasteiger partial charge in [0.05, 0.1) is 5.69 Å². The largest absolute Gasteiger partial charge is 0.508 e. The standard InChI is InChI=1S/C17H11BrN2O4/c18-11-3-5-12(6-4-11)20-16(23)14(15(22)19-17(20)24)9-10-1-7-13(21)8-2-10/h1-9,21H,(H,19,22,24)/b14-9+. The van der Waals surface area contributed by atoms with E-state index >= 15 is 0 Å². The van der Waals surface area contributed by atoms with Crippen LogP contribution in [0.5, 0.6) is 5.75 Å². The second-order valence-corrected chi connectivity index (χ2v) is 5.94. The molecule has 7 heteroatoms. The molecule has 0 aromatic heterocycles. The van der Waals surface area contributed by atoms with E-state index in [9.17, 15) is 19.5 Å². The molecule has 0 spiro atoms. The summed E-state index contributed by atoms with van der Waals surface area (Å²) < 4.78 is 0.798. The number of carbonyl (C=O) groups is 3. The van der Waals surface area contributed by atoms with Crippen LogP contribution in [-0.4, -0.2) is 23.0 Å². The van der Waals surface area contributed by atoms with E-state index in [4.69, 9.17) is 0 Å². The molecule has 1 aliphatic heterocycles. The third-order valence-corrected chi connectivity index (χ3v) is 3.92. The summed E-state index contributed by atoms with van der Waals surface area (Å²) in [5.41, 5.74) is 0.740. The number of rotatable bonds is 2. The molecule has 1 fully saturated rings. The zero-order valence-corrected chi connectivity index (χ0v) is 13.8. The fraction of sp³-hybridized carbons (Fsp3) is 0. The molecule has 1 heterocycles. The van der Waals surface area contributed by atoms with Gasteiger partial charge in [0.25, 0.3) is 11.8 Å². The zero-order valence-electron chi connectivity index (χ0n) is 12.2. The van der Waals surface area contributed by atoms with Crippen molar-refractivity contribution < 1.29 is 19.5 Å². The molecule has 3 rings (SSSR count). The summed E-state index contributed by atoms with van der Waals surface area (Å²) in [5.74, 6) is -1.39. The van der Waals surface area contributed by atoms with Crippen LogP contribution in [0.25, 0.3) is 6.08 Å². The van der Waals surface area contributed by atoms with Gasteiger partial charge < -0.3 is 5.11 Å². The lowest BCUT2D eigenvalue weighted by atomic mass is 10.1.